The molecule has 1 aliphatic rings. The summed E-state index contributed by atoms with van der Waals surface area (Å²) in [6.45, 7) is 7.63. The van der Waals surface area contributed by atoms with Crippen molar-refractivity contribution >= 4 is 21.8 Å². The van der Waals surface area contributed by atoms with Crippen LogP contribution in [0.3, 0.4) is 0 Å². The van der Waals surface area contributed by atoms with Crippen LogP contribution < -0.4 is 10.3 Å². The highest BCUT2D eigenvalue weighted by atomic mass is 16.5. The van der Waals surface area contributed by atoms with Gasteiger partial charge in [0, 0.05) is 29.7 Å². The summed E-state index contributed by atoms with van der Waals surface area (Å²) in [5, 5.41) is 6.24. The molecule has 4 heterocycles. The molecule has 1 aliphatic heterocycles. The molecule has 160 valence electrons. The summed E-state index contributed by atoms with van der Waals surface area (Å²) in [6, 6.07) is 6.43. The van der Waals surface area contributed by atoms with E-state index in [1.165, 1.54) is 0 Å². The smallest absolute Gasteiger partial charge is 0.259 e. The Morgan fingerprint density at radius 1 is 1.23 bits per heavy atom. The third-order valence-corrected chi connectivity index (χ3v) is 6.42. The molecule has 0 radical (unpaired) electrons. The number of aromatic amines is 1. The maximum absolute atomic E-state index is 12.9. The Morgan fingerprint density at radius 3 is 2.84 bits per heavy atom. The molecule has 1 N–H and O–H groups in total. The lowest BCUT2D eigenvalue weighted by Crippen LogP contribution is -2.28. The maximum Gasteiger partial charge on any atom is 0.259 e. The van der Waals surface area contributed by atoms with Gasteiger partial charge in [-0.15, -0.1) is 0 Å². The lowest BCUT2D eigenvalue weighted by atomic mass is 9.95. The van der Waals surface area contributed by atoms with Crippen molar-refractivity contribution < 1.29 is 9.47 Å². The molecule has 0 saturated carbocycles. The molecule has 1 aromatic carbocycles. The van der Waals surface area contributed by atoms with Gasteiger partial charge in [0.1, 0.15) is 0 Å². The number of fused-ring (bicyclic) bond motifs is 3. The van der Waals surface area contributed by atoms with Gasteiger partial charge in [0.2, 0.25) is 5.88 Å². The summed E-state index contributed by atoms with van der Waals surface area (Å²) >= 11 is 0. The maximum atomic E-state index is 12.9. The zero-order valence-corrected chi connectivity index (χ0v) is 18.2. The van der Waals surface area contributed by atoms with Crippen LogP contribution in [0.25, 0.3) is 32.9 Å². The van der Waals surface area contributed by atoms with Crippen LogP contribution >= 0.6 is 0 Å². The predicted octanol–water partition coefficient (Wildman–Crippen LogP) is 4.16. The van der Waals surface area contributed by atoms with Crippen molar-refractivity contribution in [3.8, 4) is 17.0 Å². The zero-order valence-electron chi connectivity index (χ0n) is 18.2. The second-order valence-electron chi connectivity index (χ2n) is 8.42. The standard InChI is InChI=1S/C24H26N4O3/c1-13-10-25-24(30-4)15(3)21(13)16-5-6-17-19(9-16)27-23(29)18-11-26-28(22(17)18)20-7-8-31-12-14(20)2/h5-6,9-11,14,20H,7-8,12H2,1-4H3,(H,27,29). The molecule has 7 heteroatoms. The third-order valence-electron chi connectivity index (χ3n) is 6.42. The van der Waals surface area contributed by atoms with E-state index in [-0.39, 0.29) is 11.6 Å². The third kappa shape index (κ3) is 3.11. The van der Waals surface area contributed by atoms with Crippen molar-refractivity contribution in [1.29, 1.82) is 0 Å². The molecule has 0 bridgehead atoms. The lowest BCUT2D eigenvalue weighted by molar-refractivity contribution is 0.0264. The molecule has 0 aliphatic carbocycles. The zero-order chi connectivity index (χ0) is 21.7. The fourth-order valence-corrected chi connectivity index (χ4v) is 4.85. The number of nitrogens with zero attached hydrogens (tertiary/aromatic N) is 3. The van der Waals surface area contributed by atoms with Crippen LogP contribution in [0.1, 0.15) is 30.5 Å². The van der Waals surface area contributed by atoms with Gasteiger partial charge in [0.05, 0.1) is 42.4 Å². The van der Waals surface area contributed by atoms with Crippen molar-refractivity contribution in [2.24, 2.45) is 5.92 Å². The molecule has 5 rings (SSSR count). The number of H-pyrrole nitrogens is 1. The number of ether oxygens (including phenoxy) is 2. The number of aryl methyl sites for hydroxylation is 1. The number of hydrogen-bond donors (Lipinski definition) is 1. The van der Waals surface area contributed by atoms with Crippen LogP contribution in [0.15, 0.2) is 35.4 Å². The van der Waals surface area contributed by atoms with E-state index in [0.717, 1.165) is 45.1 Å². The van der Waals surface area contributed by atoms with E-state index in [4.69, 9.17) is 9.47 Å². The number of methoxy groups -OCH3 is 1. The lowest BCUT2D eigenvalue weighted by Gasteiger charge is -2.29. The summed E-state index contributed by atoms with van der Waals surface area (Å²) in [7, 11) is 1.63. The monoisotopic (exact) mass is 418 g/mol. The first-order chi connectivity index (χ1) is 15.0. The van der Waals surface area contributed by atoms with Gasteiger partial charge < -0.3 is 14.5 Å². The van der Waals surface area contributed by atoms with Crippen molar-refractivity contribution in [2.45, 2.75) is 33.2 Å². The average molecular weight is 418 g/mol. The Morgan fingerprint density at radius 2 is 2.06 bits per heavy atom. The number of nitrogens with one attached hydrogen (secondary N) is 1. The van der Waals surface area contributed by atoms with Gasteiger partial charge in [-0.25, -0.2) is 4.98 Å². The fourth-order valence-electron chi connectivity index (χ4n) is 4.85. The highest BCUT2D eigenvalue weighted by molar-refractivity contribution is 6.04. The molecule has 4 aromatic rings. The van der Waals surface area contributed by atoms with Gasteiger partial charge in [0.15, 0.2) is 0 Å². The quantitative estimate of drug-likeness (QED) is 0.540. The summed E-state index contributed by atoms with van der Waals surface area (Å²) in [5.41, 5.74) is 5.70. The second-order valence-corrected chi connectivity index (χ2v) is 8.42. The molecular formula is C24H26N4O3. The molecule has 7 nitrogen and oxygen atoms in total. The van der Waals surface area contributed by atoms with E-state index in [1.54, 1.807) is 13.3 Å². The Labute approximate surface area is 180 Å². The predicted molar refractivity (Wildman–Crippen MR) is 121 cm³/mol. The van der Waals surface area contributed by atoms with Crippen LogP contribution in [0.5, 0.6) is 5.88 Å². The van der Waals surface area contributed by atoms with E-state index in [0.29, 0.717) is 30.4 Å². The molecular weight excluding hydrogens is 392 g/mol. The van der Waals surface area contributed by atoms with E-state index in [1.807, 2.05) is 30.8 Å². The van der Waals surface area contributed by atoms with Crippen LogP contribution in [0.4, 0.5) is 0 Å². The molecule has 1 saturated heterocycles. The minimum absolute atomic E-state index is 0.119. The van der Waals surface area contributed by atoms with E-state index in [9.17, 15) is 4.79 Å². The molecule has 2 unspecified atom stereocenters. The summed E-state index contributed by atoms with van der Waals surface area (Å²) in [6.07, 6.45) is 4.39. The topological polar surface area (TPSA) is 82.0 Å². The van der Waals surface area contributed by atoms with Gasteiger partial charge in [-0.1, -0.05) is 19.1 Å². The summed E-state index contributed by atoms with van der Waals surface area (Å²) in [5.74, 6) is 0.941. The largest absolute Gasteiger partial charge is 0.481 e. The molecule has 2 atom stereocenters. The SMILES string of the molecule is COc1ncc(C)c(-c2ccc3c(c2)[nH]c(=O)c2cnn(C4CCOCC4C)c23)c1C. The number of rotatable bonds is 3. The van der Waals surface area contributed by atoms with Gasteiger partial charge in [-0.2, -0.15) is 5.10 Å². The van der Waals surface area contributed by atoms with Crippen LogP contribution in [-0.4, -0.2) is 40.1 Å². The molecule has 31 heavy (non-hydrogen) atoms. The minimum atomic E-state index is -0.119. The van der Waals surface area contributed by atoms with Crippen LogP contribution in [0, 0.1) is 19.8 Å². The normalized spacial score (nSPS) is 19.2. The first kappa shape index (κ1) is 19.8. The van der Waals surface area contributed by atoms with Gasteiger partial charge >= 0.3 is 0 Å². The molecule has 0 amide bonds. The van der Waals surface area contributed by atoms with Crippen molar-refractivity contribution in [3.63, 3.8) is 0 Å². The van der Waals surface area contributed by atoms with E-state index >= 15 is 0 Å². The van der Waals surface area contributed by atoms with Crippen LogP contribution in [-0.2, 0) is 4.74 Å². The van der Waals surface area contributed by atoms with Crippen LogP contribution in [0.2, 0.25) is 0 Å². The number of hydrogen-bond acceptors (Lipinski definition) is 5. The summed E-state index contributed by atoms with van der Waals surface area (Å²) < 4.78 is 13.1. The minimum Gasteiger partial charge on any atom is -0.481 e. The van der Waals surface area contributed by atoms with Crippen molar-refractivity contribution in [2.75, 3.05) is 20.3 Å². The Bertz CT molecular complexity index is 1350. The fraction of sp³-hybridized carbons (Fsp3) is 0.375. The Kier molecular flexibility index (Phi) is 4.78. The number of benzene rings is 1. The first-order valence-electron chi connectivity index (χ1n) is 10.6. The van der Waals surface area contributed by atoms with Gasteiger partial charge in [0.25, 0.3) is 5.56 Å². The van der Waals surface area contributed by atoms with Gasteiger partial charge in [-0.3, -0.25) is 9.48 Å². The number of pyridine rings is 2. The molecule has 3 aromatic heterocycles. The summed E-state index contributed by atoms with van der Waals surface area (Å²) in [4.78, 5) is 20.3. The Balaban J connectivity index is 1.74. The first-order valence-corrected chi connectivity index (χ1v) is 10.6. The highest BCUT2D eigenvalue weighted by Crippen LogP contribution is 2.35. The number of aromatic nitrogens is 4. The van der Waals surface area contributed by atoms with E-state index < -0.39 is 0 Å². The molecule has 1 fully saturated rings. The molecule has 0 spiro atoms. The van der Waals surface area contributed by atoms with E-state index in [2.05, 4.69) is 34.1 Å². The van der Waals surface area contributed by atoms with Gasteiger partial charge in [-0.05, 0) is 43.0 Å². The van der Waals surface area contributed by atoms with Crippen molar-refractivity contribution in [3.05, 3.63) is 52.1 Å². The second kappa shape index (κ2) is 7.50. The Hall–Kier alpha value is -3.19. The average Bonchev–Trinajstić information content (AvgIpc) is 3.20. The highest BCUT2D eigenvalue weighted by Gasteiger charge is 2.27. The van der Waals surface area contributed by atoms with Crippen molar-refractivity contribution in [1.82, 2.24) is 19.7 Å².